The van der Waals surface area contributed by atoms with Crippen LogP contribution >= 0.6 is 0 Å². The molecule has 0 bridgehead atoms. The van der Waals surface area contributed by atoms with Gasteiger partial charge >= 0.3 is 6.09 Å². The van der Waals surface area contributed by atoms with Crippen molar-refractivity contribution in [3.05, 3.63) is 10.4 Å². The summed E-state index contributed by atoms with van der Waals surface area (Å²) >= 11 is 0. The van der Waals surface area contributed by atoms with Crippen LogP contribution in [0.5, 0.6) is 0 Å². The van der Waals surface area contributed by atoms with E-state index in [1.807, 2.05) is 27.7 Å². The van der Waals surface area contributed by atoms with Crippen molar-refractivity contribution in [2.75, 3.05) is 0 Å². The fraction of sp³-hybridized carbons (Fsp3) is 0.947. The van der Waals surface area contributed by atoms with Gasteiger partial charge < -0.3 is 15.2 Å². The van der Waals surface area contributed by atoms with Crippen LogP contribution in [0.4, 0.5) is 4.79 Å². The average Bonchev–Trinajstić information content (AvgIpc) is 2.97. The smallest absolute Gasteiger partial charge is 0.407 e. The number of rotatable bonds is 2. The average molecular weight is 371 g/mol. The van der Waals surface area contributed by atoms with Crippen LogP contribution in [-0.2, 0) is 4.74 Å². The number of amides is 1. The minimum atomic E-state index is -0.468. The van der Waals surface area contributed by atoms with E-state index in [0.717, 1.165) is 25.2 Å². The predicted molar refractivity (Wildman–Crippen MR) is 105 cm³/mol. The number of ether oxygens (including phenoxy) is 1. The number of nitrogens with zero attached hydrogens (tertiary/aromatic N) is 3. The molecule has 0 aromatic rings. The molecule has 0 spiro atoms. The van der Waals surface area contributed by atoms with Gasteiger partial charge in [0, 0.05) is 22.9 Å². The summed E-state index contributed by atoms with van der Waals surface area (Å²) < 4.78 is 5.15. The lowest BCUT2D eigenvalue weighted by Gasteiger charge is -2.23. The molecule has 2 rings (SSSR count). The van der Waals surface area contributed by atoms with Crippen LogP contribution in [0.2, 0.25) is 0 Å². The first kappa shape index (κ1) is 24.5. The molecule has 0 aliphatic heterocycles. The summed E-state index contributed by atoms with van der Waals surface area (Å²) in [4.78, 5) is 14.3. The summed E-state index contributed by atoms with van der Waals surface area (Å²) in [5.74, 6) is 1.42. The number of aliphatic hydroxyl groups is 1. The van der Waals surface area contributed by atoms with Gasteiger partial charge in [-0.2, -0.15) is 0 Å². The zero-order valence-electron chi connectivity index (χ0n) is 16.4. The van der Waals surface area contributed by atoms with Gasteiger partial charge in [0.2, 0.25) is 0 Å². The highest BCUT2D eigenvalue weighted by Gasteiger charge is 2.33. The first-order chi connectivity index (χ1) is 11.5. The van der Waals surface area contributed by atoms with Gasteiger partial charge in [0.05, 0.1) is 6.10 Å². The Morgan fingerprint density at radius 3 is 2.15 bits per heavy atom. The molecular formula is C19H38N4O3. The highest BCUT2D eigenvalue weighted by molar-refractivity contribution is 5.68. The van der Waals surface area contributed by atoms with Crippen LogP contribution in [0.15, 0.2) is 5.11 Å². The molecule has 2 fully saturated rings. The minimum Gasteiger partial charge on any atom is -0.444 e. The van der Waals surface area contributed by atoms with E-state index in [2.05, 4.69) is 29.2 Å². The second-order valence-electron chi connectivity index (χ2n) is 8.44. The van der Waals surface area contributed by atoms with Crippen LogP contribution in [0.3, 0.4) is 0 Å². The number of carbonyl (C=O) groups excluding carboxylic acids is 1. The summed E-state index contributed by atoms with van der Waals surface area (Å²) in [6, 6.07) is 0.301. The minimum absolute atomic E-state index is 0. The van der Waals surface area contributed by atoms with Crippen LogP contribution in [0, 0.1) is 17.8 Å². The zero-order chi connectivity index (χ0) is 19.2. The third-order valence-electron chi connectivity index (χ3n) is 5.34. The van der Waals surface area contributed by atoms with Gasteiger partial charge in [-0.3, -0.25) is 0 Å². The number of azide groups is 1. The van der Waals surface area contributed by atoms with Crippen molar-refractivity contribution in [1.29, 1.82) is 0 Å². The normalized spacial score (nSPS) is 33.2. The Balaban J connectivity index is 0.000000497. The molecule has 1 amide bonds. The number of hydrogen-bond acceptors (Lipinski definition) is 4. The standard InChI is InChI=1S/C11H21NO3.C7H13N3.CH4/c1-7-8(5-6-9(7)13)12-10(14)15-11(2,3)4;1-5-3-4-7(6(5)2)9-10-8;/h7-9,13H,5-6H2,1-4H3,(H,12,14);5-7H,3-4H2,1-2H3;1H4/t7-,8+,9-;5-,6+,7+;/m00./s1. The number of aliphatic hydroxyl groups excluding tert-OH is 1. The van der Waals surface area contributed by atoms with Crippen molar-refractivity contribution in [1.82, 2.24) is 5.32 Å². The molecule has 152 valence electrons. The van der Waals surface area contributed by atoms with E-state index < -0.39 is 11.7 Å². The third kappa shape index (κ3) is 7.83. The van der Waals surface area contributed by atoms with Crippen LogP contribution in [-0.4, -0.2) is 35.0 Å². The van der Waals surface area contributed by atoms with Crippen molar-refractivity contribution in [2.45, 2.75) is 98.4 Å². The van der Waals surface area contributed by atoms with Crippen molar-refractivity contribution < 1.29 is 14.6 Å². The summed E-state index contributed by atoms with van der Waals surface area (Å²) in [5.41, 5.74) is 7.72. The van der Waals surface area contributed by atoms with E-state index in [1.54, 1.807) is 0 Å². The molecule has 0 radical (unpaired) electrons. The second-order valence-corrected chi connectivity index (χ2v) is 8.44. The zero-order valence-corrected chi connectivity index (χ0v) is 16.4. The Morgan fingerprint density at radius 1 is 1.15 bits per heavy atom. The maximum Gasteiger partial charge on any atom is 0.407 e. The van der Waals surface area contributed by atoms with Crippen LogP contribution in [0.1, 0.15) is 74.7 Å². The highest BCUT2D eigenvalue weighted by atomic mass is 16.6. The molecule has 0 unspecified atom stereocenters. The number of hydrogen-bond donors (Lipinski definition) is 2. The lowest BCUT2D eigenvalue weighted by atomic mass is 9.98. The fourth-order valence-electron chi connectivity index (χ4n) is 3.37. The van der Waals surface area contributed by atoms with E-state index in [9.17, 15) is 9.90 Å². The molecule has 2 N–H and O–H groups in total. The summed E-state index contributed by atoms with van der Waals surface area (Å²) in [6.07, 6.45) is 3.17. The molecule has 0 aromatic carbocycles. The van der Waals surface area contributed by atoms with Gasteiger partial charge in [-0.25, -0.2) is 4.79 Å². The van der Waals surface area contributed by atoms with E-state index in [4.69, 9.17) is 10.3 Å². The Bertz CT molecular complexity index is 486. The number of alkyl carbamates (subject to hydrolysis) is 1. The highest BCUT2D eigenvalue weighted by Crippen LogP contribution is 2.33. The quantitative estimate of drug-likeness (QED) is 0.404. The summed E-state index contributed by atoms with van der Waals surface area (Å²) in [5, 5.41) is 16.1. The van der Waals surface area contributed by atoms with Crippen molar-refractivity contribution in [3.63, 3.8) is 0 Å². The van der Waals surface area contributed by atoms with Gasteiger partial charge in [-0.05, 0) is 57.4 Å². The van der Waals surface area contributed by atoms with Gasteiger partial charge in [0.15, 0.2) is 0 Å². The lowest BCUT2D eigenvalue weighted by Crippen LogP contribution is -2.41. The molecule has 0 heterocycles. The molecule has 7 heteroatoms. The van der Waals surface area contributed by atoms with Crippen molar-refractivity contribution in [2.24, 2.45) is 22.9 Å². The summed E-state index contributed by atoms with van der Waals surface area (Å²) in [6.45, 7) is 11.8. The third-order valence-corrected chi connectivity index (χ3v) is 5.34. The second kappa shape index (κ2) is 10.6. The Labute approximate surface area is 158 Å². The molecule has 26 heavy (non-hydrogen) atoms. The first-order valence-corrected chi connectivity index (χ1v) is 9.27. The molecule has 0 aromatic heterocycles. The van der Waals surface area contributed by atoms with Crippen LogP contribution in [0.25, 0.3) is 10.4 Å². The lowest BCUT2D eigenvalue weighted by molar-refractivity contribution is 0.0480. The van der Waals surface area contributed by atoms with E-state index >= 15 is 0 Å². The van der Waals surface area contributed by atoms with Crippen molar-refractivity contribution >= 4 is 6.09 Å². The maximum atomic E-state index is 11.5. The molecule has 6 atom stereocenters. The van der Waals surface area contributed by atoms with Crippen molar-refractivity contribution in [3.8, 4) is 0 Å². The monoisotopic (exact) mass is 370 g/mol. The van der Waals surface area contributed by atoms with E-state index in [1.165, 1.54) is 6.42 Å². The Kier molecular flexibility index (Phi) is 10.0. The van der Waals surface area contributed by atoms with Gasteiger partial charge in [-0.1, -0.05) is 39.7 Å². The van der Waals surface area contributed by atoms with Gasteiger partial charge in [0.25, 0.3) is 0 Å². The molecule has 2 aliphatic rings. The molecule has 0 saturated heterocycles. The topological polar surface area (TPSA) is 107 Å². The van der Waals surface area contributed by atoms with Crippen LogP contribution < -0.4 is 5.32 Å². The Hall–Kier alpha value is -1.46. The summed E-state index contributed by atoms with van der Waals surface area (Å²) in [7, 11) is 0. The molecule has 2 saturated carbocycles. The van der Waals surface area contributed by atoms with Gasteiger partial charge in [0.1, 0.15) is 5.60 Å². The Morgan fingerprint density at radius 2 is 1.77 bits per heavy atom. The molecular weight excluding hydrogens is 332 g/mol. The van der Waals surface area contributed by atoms with Gasteiger partial charge in [-0.15, -0.1) is 0 Å². The first-order valence-electron chi connectivity index (χ1n) is 9.27. The van der Waals surface area contributed by atoms with E-state index in [0.29, 0.717) is 5.92 Å². The largest absolute Gasteiger partial charge is 0.444 e. The fourth-order valence-corrected chi connectivity index (χ4v) is 3.37. The van der Waals surface area contributed by atoms with E-state index in [-0.39, 0.29) is 31.5 Å². The number of carbonyl (C=O) groups is 1. The molecule has 2 aliphatic carbocycles. The maximum absolute atomic E-state index is 11.5. The molecule has 7 nitrogen and oxygen atoms in total. The SMILES string of the molecule is C.C[C@@H]1[C@@H](C)CC[C@H]1N=[N+]=[N-].C[C@@H]1[C@@H](O)CC[C@H]1NC(=O)OC(C)(C)C. The predicted octanol–water partition coefficient (Wildman–Crippen LogP) is 5.04. The number of nitrogens with one attached hydrogen (secondary N) is 1.